The lowest BCUT2D eigenvalue weighted by Gasteiger charge is -2.29. The summed E-state index contributed by atoms with van der Waals surface area (Å²) in [5, 5.41) is 0.455. The molecule has 36 heavy (non-hydrogen) atoms. The molecule has 2 atom stereocenters. The van der Waals surface area contributed by atoms with Gasteiger partial charge in [-0.05, 0) is 49.9 Å². The van der Waals surface area contributed by atoms with E-state index in [9.17, 15) is 13.2 Å². The van der Waals surface area contributed by atoms with Crippen molar-refractivity contribution in [2.24, 2.45) is 0 Å². The summed E-state index contributed by atoms with van der Waals surface area (Å²) in [6.07, 6.45) is 2.60. The fourth-order valence-corrected chi connectivity index (χ4v) is 9.00. The molecule has 2 unspecified atom stereocenters. The standard InChI is InChI=1S/C23H26ClN3O6S3/c1-31-16-7-8-17(32-2)21-20(16)25-23(35-21)26(13-14-5-4-12-33-14)22(28)15-6-3-11-27(15)36(29,30)19-10-9-18(24)34-19/h7-10,14-15H,3-6,11-13H2,1-2H3. The second-order valence-corrected chi connectivity index (χ2v) is 13.4. The molecule has 1 aromatic carbocycles. The van der Waals surface area contributed by atoms with E-state index in [1.807, 2.05) is 0 Å². The third-order valence-corrected chi connectivity index (χ3v) is 11.1. The van der Waals surface area contributed by atoms with E-state index in [4.69, 9.17) is 30.8 Å². The number of benzene rings is 1. The summed E-state index contributed by atoms with van der Waals surface area (Å²) < 4.78 is 46.2. The van der Waals surface area contributed by atoms with Gasteiger partial charge in [0, 0.05) is 13.2 Å². The summed E-state index contributed by atoms with van der Waals surface area (Å²) >= 11 is 8.31. The van der Waals surface area contributed by atoms with Crippen LogP contribution in [0.4, 0.5) is 5.13 Å². The zero-order chi connectivity index (χ0) is 25.4. The Morgan fingerprint density at radius 3 is 2.61 bits per heavy atom. The van der Waals surface area contributed by atoms with Gasteiger partial charge in [-0.15, -0.1) is 11.3 Å². The number of aromatic nitrogens is 1. The fraction of sp³-hybridized carbons (Fsp3) is 0.478. The van der Waals surface area contributed by atoms with Crippen LogP contribution in [0.2, 0.25) is 4.34 Å². The smallest absolute Gasteiger partial charge is 0.253 e. The largest absolute Gasteiger partial charge is 0.495 e. The van der Waals surface area contributed by atoms with E-state index in [-0.39, 0.29) is 22.8 Å². The van der Waals surface area contributed by atoms with Gasteiger partial charge in [0.1, 0.15) is 32.0 Å². The molecule has 0 N–H and O–H groups in total. The maximum atomic E-state index is 14.1. The van der Waals surface area contributed by atoms with E-state index >= 15 is 0 Å². The molecule has 3 aromatic rings. The van der Waals surface area contributed by atoms with Gasteiger partial charge in [0.15, 0.2) is 5.13 Å². The molecule has 4 heterocycles. The van der Waals surface area contributed by atoms with E-state index in [0.29, 0.717) is 52.5 Å². The summed E-state index contributed by atoms with van der Waals surface area (Å²) in [4.78, 5) is 20.4. The highest BCUT2D eigenvalue weighted by Crippen LogP contribution is 2.41. The van der Waals surface area contributed by atoms with Gasteiger partial charge in [0.05, 0.1) is 31.2 Å². The number of rotatable bonds is 8. The van der Waals surface area contributed by atoms with Gasteiger partial charge in [0.25, 0.3) is 10.0 Å². The lowest BCUT2D eigenvalue weighted by atomic mass is 10.2. The lowest BCUT2D eigenvalue weighted by molar-refractivity contribution is -0.122. The zero-order valence-electron chi connectivity index (χ0n) is 19.8. The molecule has 0 saturated carbocycles. The number of fused-ring (bicyclic) bond motifs is 1. The van der Waals surface area contributed by atoms with Crippen LogP contribution in [0.5, 0.6) is 11.5 Å². The molecule has 2 aliphatic heterocycles. The van der Waals surface area contributed by atoms with Crippen LogP contribution >= 0.6 is 34.3 Å². The Bertz CT molecular complexity index is 1330. The van der Waals surface area contributed by atoms with Gasteiger partial charge in [-0.25, -0.2) is 13.4 Å². The molecule has 2 aromatic heterocycles. The fourth-order valence-electron chi connectivity index (χ4n) is 4.65. The number of hydrogen-bond acceptors (Lipinski definition) is 9. The summed E-state index contributed by atoms with van der Waals surface area (Å²) in [5.74, 6) is 0.877. The van der Waals surface area contributed by atoms with Crippen LogP contribution in [0, 0.1) is 0 Å². The molecular weight excluding hydrogens is 546 g/mol. The van der Waals surface area contributed by atoms with Gasteiger partial charge in [-0.1, -0.05) is 22.9 Å². The first-order chi connectivity index (χ1) is 17.3. The second-order valence-electron chi connectivity index (χ2n) is 8.56. The predicted molar refractivity (Wildman–Crippen MR) is 140 cm³/mol. The first kappa shape index (κ1) is 25.7. The molecule has 0 bridgehead atoms. The third-order valence-electron chi connectivity index (χ3n) is 6.41. The number of nitrogens with zero attached hydrogens (tertiary/aromatic N) is 3. The van der Waals surface area contributed by atoms with E-state index in [1.165, 1.54) is 21.7 Å². The third kappa shape index (κ3) is 4.70. The number of sulfonamides is 1. The highest BCUT2D eigenvalue weighted by molar-refractivity contribution is 7.91. The first-order valence-corrected chi connectivity index (χ1v) is 15.0. The van der Waals surface area contributed by atoms with Crippen LogP contribution in [-0.4, -0.2) is 69.7 Å². The Hall–Kier alpha value is -1.96. The molecule has 194 valence electrons. The van der Waals surface area contributed by atoms with E-state index in [0.717, 1.165) is 28.9 Å². The number of halogens is 1. The first-order valence-electron chi connectivity index (χ1n) is 11.5. The van der Waals surface area contributed by atoms with Crippen molar-refractivity contribution in [1.29, 1.82) is 0 Å². The Morgan fingerprint density at radius 1 is 1.17 bits per heavy atom. The van der Waals surface area contributed by atoms with Gasteiger partial charge in [-0.2, -0.15) is 4.31 Å². The SMILES string of the molecule is COc1ccc(OC)c2sc(N(CC3CCCO3)C(=O)C3CCCN3S(=O)(=O)c3ccc(Cl)s3)nc12. The van der Waals surface area contributed by atoms with Crippen molar-refractivity contribution in [3.8, 4) is 11.5 Å². The molecule has 5 rings (SSSR count). The maximum absolute atomic E-state index is 14.1. The van der Waals surface area contributed by atoms with Crippen LogP contribution < -0.4 is 14.4 Å². The van der Waals surface area contributed by atoms with Crippen molar-refractivity contribution in [2.45, 2.75) is 42.0 Å². The number of carbonyl (C=O) groups excluding carboxylic acids is 1. The predicted octanol–water partition coefficient (Wildman–Crippen LogP) is 4.39. The molecule has 9 nitrogen and oxygen atoms in total. The van der Waals surface area contributed by atoms with Crippen molar-refractivity contribution < 1.29 is 27.4 Å². The van der Waals surface area contributed by atoms with Gasteiger partial charge in [0.2, 0.25) is 5.91 Å². The normalized spacial score (nSPS) is 20.8. The molecule has 2 fully saturated rings. The summed E-state index contributed by atoms with van der Waals surface area (Å²) in [5.41, 5.74) is 0.589. The summed E-state index contributed by atoms with van der Waals surface area (Å²) in [6.45, 7) is 1.19. The van der Waals surface area contributed by atoms with Crippen LogP contribution in [0.1, 0.15) is 25.7 Å². The van der Waals surface area contributed by atoms with Crippen LogP contribution in [0.15, 0.2) is 28.5 Å². The number of anilines is 1. The number of amides is 1. The van der Waals surface area contributed by atoms with Crippen molar-refractivity contribution in [1.82, 2.24) is 9.29 Å². The van der Waals surface area contributed by atoms with Crippen molar-refractivity contribution in [3.63, 3.8) is 0 Å². The van der Waals surface area contributed by atoms with E-state index in [1.54, 1.807) is 37.3 Å². The summed E-state index contributed by atoms with van der Waals surface area (Å²) in [7, 11) is -0.729. The number of ether oxygens (including phenoxy) is 3. The molecule has 13 heteroatoms. The average Bonchev–Trinajstić information content (AvgIpc) is 3.67. The molecule has 2 aliphatic rings. The van der Waals surface area contributed by atoms with Crippen LogP contribution in [0.25, 0.3) is 10.2 Å². The van der Waals surface area contributed by atoms with Crippen molar-refractivity contribution in [3.05, 3.63) is 28.6 Å². The van der Waals surface area contributed by atoms with Crippen LogP contribution in [-0.2, 0) is 19.6 Å². The highest BCUT2D eigenvalue weighted by atomic mass is 35.5. The second kappa shape index (κ2) is 10.4. The van der Waals surface area contributed by atoms with Gasteiger partial charge >= 0.3 is 0 Å². The number of carbonyl (C=O) groups is 1. The summed E-state index contributed by atoms with van der Waals surface area (Å²) in [6, 6.07) is 5.77. The monoisotopic (exact) mass is 571 g/mol. The Labute approximate surface area is 222 Å². The molecule has 0 spiro atoms. The minimum Gasteiger partial charge on any atom is -0.495 e. The number of hydrogen-bond donors (Lipinski definition) is 0. The van der Waals surface area contributed by atoms with Crippen molar-refractivity contribution in [2.75, 3.05) is 38.8 Å². The number of methoxy groups -OCH3 is 2. The molecule has 2 saturated heterocycles. The Balaban J connectivity index is 1.53. The van der Waals surface area contributed by atoms with E-state index in [2.05, 4.69) is 0 Å². The lowest BCUT2D eigenvalue weighted by Crippen LogP contribution is -2.49. The Morgan fingerprint density at radius 2 is 1.94 bits per heavy atom. The van der Waals surface area contributed by atoms with Gasteiger partial charge < -0.3 is 14.2 Å². The number of thiophene rings is 1. The zero-order valence-corrected chi connectivity index (χ0v) is 23.0. The topological polar surface area (TPSA) is 98.3 Å². The quantitative estimate of drug-likeness (QED) is 0.395. The molecule has 0 aliphatic carbocycles. The van der Waals surface area contributed by atoms with Crippen LogP contribution in [0.3, 0.4) is 0 Å². The minimum atomic E-state index is -3.87. The highest BCUT2D eigenvalue weighted by Gasteiger charge is 2.43. The Kier molecular flexibility index (Phi) is 7.44. The molecule has 0 radical (unpaired) electrons. The molecule has 1 amide bonds. The minimum absolute atomic E-state index is 0.132. The molecular formula is C23H26ClN3O6S3. The average molecular weight is 572 g/mol. The van der Waals surface area contributed by atoms with Gasteiger partial charge in [-0.3, -0.25) is 9.69 Å². The van der Waals surface area contributed by atoms with Crippen molar-refractivity contribution >= 4 is 65.6 Å². The van der Waals surface area contributed by atoms with E-state index < -0.39 is 16.1 Å². The number of thiazole rings is 1. The maximum Gasteiger partial charge on any atom is 0.253 e.